The molecule has 2 aromatic rings. The highest BCUT2D eigenvalue weighted by molar-refractivity contribution is 5.78. The smallest absolute Gasteiger partial charge is 0.134 e. The molecule has 0 aliphatic heterocycles. The number of nitrogens with one attached hydrogen (secondary N) is 1. The van der Waals surface area contributed by atoms with Crippen molar-refractivity contribution in [3.63, 3.8) is 0 Å². The Morgan fingerprint density at radius 1 is 1.10 bits per heavy atom. The lowest BCUT2D eigenvalue weighted by Gasteiger charge is -2.13. The van der Waals surface area contributed by atoms with Crippen molar-refractivity contribution in [3.8, 4) is 0 Å². The Kier molecular flexibility index (Phi) is 5.66. The van der Waals surface area contributed by atoms with Gasteiger partial charge in [0.25, 0.3) is 0 Å². The fourth-order valence-electron chi connectivity index (χ4n) is 2.59. The summed E-state index contributed by atoms with van der Waals surface area (Å²) in [6.07, 6.45) is 5.87. The highest BCUT2D eigenvalue weighted by Crippen LogP contribution is 2.27. The van der Waals surface area contributed by atoms with Crippen LogP contribution in [-0.2, 0) is 6.42 Å². The van der Waals surface area contributed by atoms with Crippen LogP contribution >= 0.6 is 0 Å². The molecule has 1 heterocycles. The topological polar surface area (TPSA) is 25.2 Å². The molecule has 1 aromatic carbocycles. The Morgan fingerprint density at radius 3 is 2.65 bits per heavy atom. The quantitative estimate of drug-likeness (QED) is 0.712. The standard InChI is InChI=1S/C18H27NO/c1-4-7-8-14-9-10-17-15(12-14)13-18(20-17)16(6-3)19-11-5-2/h9-10,12-13,16,19H,4-8,11H2,1-3H3. The summed E-state index contributed by atoms with van der Waals surface area (Å²) in [5.74, 6) is 1.07. The van der Waals surface area contributed by atoms with Crippen LogP contribution in [0.4, 0.5) is 0 Å². The average molecular weight is 273 g/mol. The highest BCUT2D eigenvalue weighted by Gasteiger charge is 2.13. The van der Waals surface area contributed by atoms with Gasteiger partial charge in [-0.15, -0.1) is 0 Å². The number of fused-ring (bicyclic) bond motifs is 1. The van der Waals surface area contributed by atoms with Gasteiger partial charge >= 0.3 is 0 Å². The first-order valence-corrected chi connectivity index (χ1v) is 8.04. The molecule has 0 fully saturated rings. The summed E-state index contributed by atoms with van der Waals surface area (Å²) in [6, 6.07) is 9.15. The van der Waals surface area contributed by atoms with E-state index in [9.17, 15) is 0 Å². The molecule has 2 heteroatoms. The van der Waals surface area contributed by atoms with E-state index >= 15 is 0 Å². The number of rotatable bonds is 8. The third kappa shape index (κ3) is 3.63. The molecule has 1 atom stereocenters. The van der Waals surface area contributed by atoms with Crippen molar-refractivity contribution in [1.29, 1.82) is 0 Å². The normalized spacial score (nSPS) is 12.9. The van der Waals surface area contributed by atoms with Gasteiger partial charge in [0.2, 0.25) is 0 Å². The van der Waals surface area contributed by atoms with Gasteiger partial charge in [0.05, 0.1) is 6.04 Å². The second-order valence-corrected chi connectivity index (χ2v) is 5.54. The molecule has 0 amide bonds. The van der Waals surface area contributed by atoms with Crippen LogP contribution < -0.4 is 5.32 Å². The van der Waals surface area contributed by atoms with Crippen molar-refractivity contribution in [2.75, 3.05) is 6.54 Å². The fourth-order valence-corrected chi connectivity index (χ4v) is 2.59. The van der Waals surface area contributed by atoms with Crippen molar-refractivity contribution in [1.82, 2.24) is 5.32 Å². The molecule has 2 rings (SSSR count). The third-order valence-electron chi connectivity index (χ3n) is 3.81. The van der Waals surface area contributed by atoms with Gasteiger partial charge in [0, 0.05) is 5.39 Å². The summed E-state index contributed by atoms with van der Waals surface area (Å²) in [5, 5.41) is 4.79. The van der Waals surface area contributed by atoms with E-state index in [1.165, 1.54) is 23.8 Å². The Hall–Kier alpha value is -1.28. The van der Waals surface area contributed by atoms with Crippen LogP contribution in [0, 0.1) is 0 Å². The number of furan rings is 1. The van der Waals surface area contributed by atoms with Gasteiger partial charge in [0.1, 0.15) is 11.3 Å². The minimum atomic E-state index is 0.335. The molecule has 1 unspecified atom stereocenters. The van der Waals surface area contributed by atoms with E-state index in [0.29, 0.717) is 6.04 Å². The Bertz CT molecular complexity index is 529. The molecule has 0 aliphatic rings. The van der Waals surface area contributed by atoms with Crippen LogP contribution in [0.2, 0.25) is 0 Å². The number of benzene rings is 1. The molecule has 0 aliphatic carbocycles. The second kappa shape index (κ2) is 7.49. The predicted molar refractivity (Wildman–Crippen MR) is 86.2 cm³/mol. The molecule has 0 saturated heterocycles. The third-order valence-corrected chi connectivity index (χ3v) is 3.81. The Labute approximate surface area is 122 Å². The van der Waals surface area contributed by atoms with E-state index in [-0.39, 0.29) is 0 Å². The lowest BCUT2D eigenvalue weighted by atomic mass is 10.1. The molecule has 0 radical (unpaired) electrons. The Balaban J connectivity index is 2.18. The first-order valence-electron chi connectivity index (χ1n) is 8.04. The largest absolute Gasteiger partial charge is 0.459 e. The van der Waals surface area contributed by atoms with E-state index in [4.69, 9.17) is 4.42 Å². The Morgan fingerprint density at radius 2 is 1.95 bits per heavy atom. The molecule has 1 aromatic heterocycles. The molecular formula is C18H27NO. The van der Waals surface area contributed by atoms with Gasteiger partial charge in [-0.05, 0) is 56.0 Å². The van der Waals surface area contributed by atoms with Gasteiger partial charge in [0.15, 0.2) is 0 Å². The van der Waals surface area contributed by atoms with Crippen LogP contribution in [0.3, 0.4) is 0 Å². The summed E-state index contributed by atoms with van der Waals surface area (Å²) >= 11 is 0. The number of unbranched alkanes of at least 4 members (excludes halogenated alkanes) is 1. The lowest BCUT2D eigenvalue weighted by molar-refractivity contribution is 0.421. The van der Waals surface area contributed by atoms with Crippen LogP contribution in [0.15, 0.2) is 28.7 Å². The zero-order valence-electron chi connectivity index (χ0n) is 13.0. The number of aryl methyl sites for hydroxylation is 1. The van der Waals surface area contributed by atoms with Gasteiger partial charge in [-0.25, -0.2) is 0 Å². The van der Waals surface area contributed by atoms with E-state index in [0.717, 1.165) is 37.2 Å². The molecule has 20 heavy (non-hydrogen) atoms. The SMILES string of the molecule is CCCCc1ccc2oc(C(CC)NCCC)cc2c1. The van der Waals surface area contributed by atoms with Crippen LogP contribution in [0.5, 0.6) is 0 Å². The summed E-state index contributed by atoms with van der Waals surface area (Å²) in [4.78, 5) is 0. The van der Waals surface area contributed by atoms with Crippen molar-refractivity contribution < 1.29 is 4.42 Å². The first-order chi connectivity index (χ1) is 9.78. The van der Waals surface area contributed by atoms with Crippen LogP contribution in [0.1, 0.15) is 63.8 Å². The summed E-state index contributed by atoms with van der Waals surface area (Å²) < 4.78 is 6.02. The zero-order chi connectivity index (χ0) is 14.4. The van der Waals surface area contributed by atoms with E-state index in [2.05, 4.69) is 50.4 Å². The van der Waals surface area contributed by atoms with Crippen LogP contribution in [-0.4, -0.2) is 6.54 Å². The lowest BCUT2D eigenvalue weighted by Crippen LogP contribution is -2.20. The van der Waals surface area contributed by atoms with Crippen molar-refractivity contribution in [3.05, 3.63) is 35.6 Å². The van der Waals surface area contributed by atoms with Gasteiger partial charge in [-0.3, -0.25) is 0 Å². The fraction of sp³-hybridized carbons (Fsp3) is 0.556. The monoisotopic (exact) mass is 273 g/mol. The molecular weight excluding hydrogens is 246 g/mol. The van der Waals surface area contributed by atoms with E-state index in [1.54, 1.807) is 0 Å². The van der Waals surface area contributed by atoms with E-state index < -0.39 is 0 Å². The minimum absolute atomic E-state index is 0.335. The predicted octanol–water partition coefficient (Wildman–Crippen LogP) is 5.23. The van der Waals surface area contributed by atoms with Crippen molar-refractivity contribution in [2.45, 2.75) is 58.9 Å². The zero-order valence-corrected chi connectivity index (χ0v) is 13.0. The van der Waals surface area contributed by atoms with Crippen molar-refractivity contribution >= 4 is 11.0 Å². The molecule has 110 valence electrons. The first kappa shape index (κ1) is 15.1. The summed E-state index contributed by atoms with van der Waals surface area (Å²) in [6.45, 7) is 7.67. The molecule has 0 bridgehead atoms. The maximum Gasteiger partial charge on any atom is 0.134 e. The van der Waals surface area contributed by atoms with E-state index in [1.807, 2.05) is 0 Å². The number of hydrogen-bond donors (Lipinski definition) is 1. The molecule has 1 N–H and O–H groups in total. The minimum Gasteiger partial charge on any atom is -0.459 e. The maximum absolute atomic E-state index is 6.02. The van der Waals surface area contributed by atoms with Gasteiger partial charge in [-0.1, -0.05) is 33.3 Å². The van der Waals surface area contributed by atoms with Gasteiger partial charge in [-0.2, -0.15) is 0 Å². The number of hydrogen-bond acceptors (Lipinski definition) is 2. The van der Waals surface area contributed by atoms with Crippen molar-refractivity contribution in [2.24, 2.45) is 0 Å². The molecule has 0 spiro atoms. The van der Waals surface area contributed by atoms with Crippen LogP contribution in [0.25, 0.3) is 11.0 Å². The summed E-state index contributed by atoms with van der Waals surface area (Å²) in [7, 11) is 0. The molecule has 0 saturated carbocycles. The average Bonchev–Trinajstić information content (AvgIpc) is 2.88. The second-order valence-electron chi connectivity index (χ2n) is 5.54. The highest BCUT2D eigenvalue weighted by atomic mass is 16.3. The maximum atomic E-state index is 6.02. The van der Waals surface area contributed by atoms with Gasteiger partial charge < -0.3 is 9.73 Å². The summed E-state index contributed by atoms with van der Waals surface area (Å²) in [5.41, 5.74) is 2.43. The molecule has 2 nitrogen and oxygen atoms in total.